The molecule has 0 radical (unpaired) electrons. The molecule has 164 valence electrons. The normalized spacial score (nSPS) is 12.5. The molecule has 4 aromatic rings. The van der Waals surface area contributed by atoms with E-state index in [1.165, 1.54) is 35.0 Å². The first-order valence-electron chi connectivity index (χ1n) is 9.65. The van der Waals surface area contributed by atoms with Crippen molar-refractivity contribution in [3.05, 3.63) is 89.0 Å². The van der Waals surface area contributed by atoms with Crippen molar-refractivity contribution in [2.75, 3.05) is 10.8 Å². The topological polar surface area (TPSA) is 131 Å². The highest BCUT2D eigenvalue weighted by atomic mass is 32.2. The third kappa shape index (κ3) is 4.29. The lowest BCUT2D eigenvalue weighted by Crippen LogP contribution is -2.39. The Morgan fingerprint density at radius 2 is 1.75 bits per heavy atom. The predicted molar refractivity (Wildman–Crippen MR) is 118 cm³/mol. The molecular weight excluding hydrogens is 434 g/mol. The molecule has 0 aliphatic carbocycles. The van der Waals surface area contributed by atoms with Crippen LogP contribution in [-0.4, -0.2) is 46.1 Å². The van der Waals surface area contributed by atoms with E-state index in [4.69, 9.17) is 0 Å². The Hall–Kier alpha value is -3.83. The second-order valence-electron chi connectivity index (χ2n) is 7.04. The van der Waals surface area contributed by atoms with Crippen molar-refractivity contribution in [1.29, 1.82) is 0 Å². The van der Waals surface area contributed by atoms with Crippen LogP contribution in [-0.2, 0) is 16.6 Å². The second kappa shape index (κ2) is 8.73. The quantitative estimate of drug-likeness (QED) is 0.320. The number of nitro groups is 1. The Morgan fingerprint density at radius 1 is 1.03 bits per heavy atom. The first-order valence-corrected chi connectivity index (χ1v) is 11.1. The number of nitro benzene ring substituents is 1. The van der Waals surface area contributed by atoms with Crippen LogP contribution in [0.5, 0.6) is 0 Å². The number of nitrogens with zero attached hydrogens (tertiary/aromatic N) is 5. The summed E-state index contributed by atoms with van der Waals surface area (Å²) < 4.78 is 29.2. The number of non-ortho nitro benzene ring substituents is 1. The van der Waals surface area contributed by atoms with E-state index in [1.807, 2.05) is 12.1 Å². The van der Waals surface area contributed by atoms with E-state index < -0.39 is 21.1 Å². The highest BCUT2D eigenvalue weighted by molar-refractivity contribution is 7.92. The zero-order valence-corrected chi connectivity index (χ0v) is 17.5. The molecule has 1 heterocycles. The van der Waals surface area contributed by atoms with E-state index in [2.05, 4.69) is 10.3 Å². The molecular formula is C21H19N5O5S. The van der Waals surface area contributed by atoms with Crippen molar-refractivity contribution in [2.24, 2.45) is 0 Å². The minimum absolute atomic E-state index is 0.00455. The third-order valence-corrected chi connectivity index (χ3v) is 6.65. The van der Waals surface area contributed by atoms with Crippen LogP contribution >= 0.6 is 0 Å². The van der Waals surface area contributed by atoms with E-state index in [1.54, 1.807) is 30.3 Å². The first kappa shape index (κ1) is 21.4. The zero-order valence-electron chi connectivity index (χ0n) is 16.7. The number of aliphatic hydroxyl groups excluding tert-OH is 1. The van der Waals surface area contributed by atoms with Gasteiger partial charge in [-0.05, 0) is 30.3 Å². The highest BCUT2D eigenvalue weighted by Gasteiger charge is 2.28. The third-order valence-electron chi connectivity index (χ3n) is 4.84. The van der Waals surface area contributed by atoms with Gasteiger partial charge in [-0.15, -0.1) is 5.10 Å². The fourth-order valence-electron chi connectivity index (χ4n) is 3.32. The molecule has 11 heteroatoms. The Balaban J connectivity index is 1.69. The molecule has 10 nitrogen and oxygen atoms in total. The van der Waals surface area contributed by atoms with Crippen molar-refractivity contribution in [3.63, 3.8) is 0 Å². The minimum atomic E-state index is -4.11. The molecule has 0 spiro atoms. The van der Waals surface area contributed by atoms with Crippen molar-refractivity contribution in [2.45, 2.75) is 17.5 Å². The summed E-state index contributed by atoms with van der Waals surface area (Å²) >= 11 is 0. The fourth-order valence-corrected chi connectivity index (χ4v) is 4.84. The molecule has 1 atom stereocenters. The highest BCUT2D eigenvalue weighted by Crippen LogP contribution is 2.27. The SMILES string of the molecule is O=[N+]([O-])c1cccc(N(C[C@@H](O)Cn2nnc3ccccc32)S(=O)(=O)c2ccccc2)c1. The average molecular weight is 453 g/mol. The Morgan fingerprint density at radius 3 is 2.50 bits per heavy atom. The summed E-state index contributed by atoms with van der Waals surface area (Å²) in [5, 5.41) is 30.0. The van der Waals surface area contributed by atoms with Gasteiger partial charge < -0.3 is 5.11 Å². The zero-order chi connectivity index (χ0) is 22.7. The fraction of sp³-hybridized carbons (Fsp3) is 0.143. The summed E-state index contributed by atoms with van der Waals surface area (Å²) in [6.07, 6.45) is -1.17. The number of rotatable bonds is 8. The lowest BCUT2D eigenvalue weighted by atomic mass is 10.2. The van der Waals surface area contributed by atoms with E-state index in [0.717, 1.165) is 10.4 Å². The average Bonchev–Trinajstić information content (AvgIpc) is 3.21. The maximum Gasteiger partial charge on any atom is 0.271 e. The molecule has 3 aromatic carbocycles. The Kier molecular flexibility index (Phi) is 5.84. The van der Waals surface area contributed by atoms with Gasteiger partial charge in [0.2, 0.25) is 0 Å². The number of aliphatic hydroxyl groups is 1. The number of hydrogen-bond acceptors (Lipinski definition) is 7. The molecule has 0 saturated carbocycles. The monoisotopic (exact) mass is 453 g/mol. The number of fused-ring (bicyclic) bond motifs is 1. The van der Waals surface area contributed by atoms with E-state index in [9.17, 15) is 23.6 Å². The van der Waals surface area contributed by atoms with Gasteiger partial charge in [-0.2, -0.15) is 0 Å². The van der Waals surface area contributed by atoms with Crippen LogP contribution in [0, 0.1) is 10.1 Å². The summed E-state index contributed by atoms with van der Waals surface area (Å²) in [6, 6.07) is 20.2. The smallest absolute Gasteiger partial charge is 0.271 e. The molecule has 1 N–H and O–H groups in total. The minimum Gasteiger partial charge on any atom is -0.389 e. The van der Waals surface area contributed by atoms with Gasteiger partial charge in [0.25, 0.3) is 15.7 Å². The summed E-state index contributed by atoms with van der Waals surface area (Å²) in [5.74, 6) is 0. The molecule has 0 bridgehead atoms. The predicted octanol–water partition coefficient (Wildman–Crippen LogP) is 2.60. The Labute approximate surface area is 183 Å². The molecule has 0 fully saturated rings. The number of sulfonamides is 1. The standard InChI is InChI=1S/C21H19N5O5S/c27-18(14-24-21-12-5-4-11-20(21)22-23-24)15-25(16-7-6-8-17(13-16)26(28)29)32(30,31)19-9-2-1-3-10-19/h1-13,18,27H,14-15H2/t18-/m0/s1. The maximum absolute atomic E-state index is 13.4. The summed E-state index contributed by atoms with van der Waals surface area (Å²) in [4.78, 5) is 10.6. The van der Waals surface area contributed by atoms with Crippen LogP contribution in [0.15, 0.2) is 83.8 Å². The van der Waals surface area contributed by atoms with E-state index in [0.29, 0.717) is 11.0 Å². The number of aromatic nitrogens is 3. The molecule has 0 aliphatic rings. The molecule has 32 heavy (non-hydrogen) atoms. The molecule has 0 unspecified atom stereocenters. The van der Waals surface area contributed by atoms with Gasteiger partial charge in [-0.1, -0.05) is 41.6 Å². The van der Waals surface area contributed by atoms with Gasteiger partial charge in [0.05, 0.1) is 40.2 Å². The van der Waals surface area contributed by atoms with Crippen LogP contribution in [0.2, 0.25) is 0 Å². The summed E-state index contributed by atoms with van der Waals surface area (Å²) in [7, 11) is -4.11. The molecule has 0 saturated heterocycles. The summed E-state index contributed by atoms with van der Waals surface area (Å²) in [5.41, 5.74) is 1.16. The number of benzene rings is 3. The summed E-state index contributed by atoms with van der Waals surface area (Å²) in [6.45, 7) is -0.358. The lowest BCUT2D eigenvalue weighted by molar-refractivity contribution is -0.384. The number of anilines is 1. The van der Waals surface area contributed by atoms with Crippen LogP contribution in [0.4, 0.5) is 11.4 Å². The van der Waals surface area contributed by atoms with Gasteiger partial charge in [-0.25, -0.2) is 13.1 Å². The van der Waals surface area contributed by atoms with Crippen molar-refractivity contribution < 1.29 is 18.4 Å². The first-order chi connectivity index (χ1) is 15.4. The lowest BCUT2D eigenvalue weighted by Gasteiger charge is -2.26. The molecule has 4 rings (SSSR count). The van der Waals surface area contributed by atoms with Crippen molar-refractivity contribution in [1.82, 2.24) is 15.0 Å². The van der Waals surface area contributed by atoms with Gasteiger partial charge in [0.15, 0.2) is 0 Å². The van der Waals surface area contributed by atoms with Gasteiger partial charge in [-0.3, -0.25) is 14.4 Å². The van der Waals surface area contributed by atoms with E-state index >= 15 is 0 Å². The van der Waals surface area contributed by atoms with Crippen molar-refractivity contribution in [3.8, 4) is 0 Å². The number of para-hydroxylation sites is 1. The number of hydrogen-bond donors (Lipinski definition) is 1. The van der Waals surface area contributed by atoms with Crippen LogP contribution in [0.25, 0.3) is 11.0 Å². The van der Waals surface area contributed by atoms with Crippen LogP contribution in [0.3, 0.4) is 0 Å². The Bertz CT molecular complexity index is 1360. The van der Waals surface area contributed by atoms with E-state index in [-0.39, 0.29) is 29.4 Å². The van der Waals surface area contributed by atoms with Gasteiger partial charge in [0.1, 0.15) is 5.52 Å². The van der Waals surface area contributed by atoms with Crippen molar-refractivity contribution >= 4 is 32.4 Å². The maximum atomic E-state index is 13.4. The second-order valence-corrected chi connectivity index (χ2v) is 8.90. The van der Waals surface area contributed by atoms with Gasteiger partial charge >= 0.3 is 0 Å². The largest absolute Gasteiger partial charge is 0.389 e. The van der Waals surface area contributed by atoms with Crippen LogP contribution < -0.4 is 4.31 Å². The van der Waals surface area contributed by atoms with Gasteiger partial charge in [0, 0.05) is 12.1 Å². The molecule has 0 amide bonds. The van der Waals surface area contributed by atoms with Crippen LogP contribution in [0.1, 0.15) is 0 Å². The molecule has 0 aliphatic heterocycles. The molecule has 1 aromatic heterocycles.